The van der Waals surface area contributed by atoms with E-state index in [9.17, 15) is 0 Å². The van der Waals surface area contributed by atoms with Crippen molar-refractivity contribution in [2.75, 3.05) is 0 Å². The summed E-state index contributed by atoms with van der Waals surface area (Å²) in [7, 11) is 0. The lowest BCUT2D eigenvalue weighted by molar-refractivity contribution is 0.674. The highest BCUT2D eigenvalue weighted by atomic mass is 32.1. The Bertz CT molecular complexity index is 3390. The lowest BCUT2D eigenvalue weighted by Gasteiger charge is -2.24. The van der Waals surface area contributed by atoms with Gasteiger partial charge in [-0.2, -0.15) is 0 Å². The van der Waals surface area contributed by atoms with Crippen molar-refractivity contribution in [3.05, 3.63) is 199 Å². The highest BCUT2D eigenvalue weighted by molar-refractivity contribution is 7.26. The number of hydrogen-bond acceptors (Lipinski definition) is 5. The molecule has 12 rings (SSSR count). The second-order valence-electron chi connectivity index (χ2n) is 14.6. The normalized spacial score (nSPS) is 14.5. The molecule has 0 saturated carbocycles. The molecule has 6 heteroatoms. The van der Waals surface area contributed by atoms with Crippen LogP contribution in [-0.2, 0) is 0 Å². The molecule has 0 fully saturated rings. The van der Waals surface area contributed by atoms with Crippen molar-refractivity contribution in [3.63, 3.8) is 0 Å². The van der Waals surface area contributed by atoms with Crippen LogP contribution < -0.4 is 5.32 Å². The summed E-state index contributed by atoms with van der Waals surface area (Å²) in [5.74, 6) is 1.56. The first-order chi connectivity index (χ1) is 28.2. The van der Waals surface area contributed by atoms with Gasteiger partial charge in [0.15, 0.2) is 5.84 Å². The van der Waals surface area contributed by atoms with Crippen molar-refractivity contribution in [2.24, 2.45) is 9.98 Å². The number of hydrogen-bond donors (Lipinski definition) is 1. The van der Waals surface area contributed by atoms with Crippen LogP contribution in [0.1, 0.15) is 22.9 Å². The quantitative estimate of drug-likeness (QED) is 0.186. The van der Waals surface area contributed by atoms with Crippen molar-refractivity contribution >= 4 is 96.5 Å². The van der Waals surface area contributed by atoms with E-state index < -0.39 is 0 Å². The number of nitrogens with one attached hydrogen (secondary N) is 1. The zero-order valence-corrected chi connectivity index (χ0v) is 32.2. The van der Waals surface area contributed by atoms with Gasteiger partial charge in [-0.25, -0.2) is 9.98 Å². The maximum atomic E-state index is 5.18. The number of aromatic nitrogens is 1. The molecule has 268 valence electrons. The third kappa shape index (κ3) is 5.26. The molecule has 1 aliphatic rings. The molecular formula is C51H32N4S2. The second kappa shape index (κ2) is 12.8. The molecule has 11 aromatic rings. The number of aliphatic imine (C=N–C) groups is 2. The molecule has 4 nitrogen and oxygen atoms in total. The van der Waals surface area contributed by atoms with Gasteiger partial charge < -0.3 is 9.88 Å². The Labute approximate surface area is 336 Å². The fraction of sp³-hybridized carbons (Fsp3) is 0.0196. The lowest BCUT2D eigenvalue weighted by Crippen LogP contribution is -2.33. The Balaban J connectivity index is 0.963. The summed E-state index contributed by atoms with van der Waals surface area (Å²) in [5, 5.41) is 11.3. The molecule has 1 unspecified atom stereocenters. The molecule has 1 aliphatic heterocycles. The van der Waals surface area contributed by atoms with Crippen LogP contribution in [0, 0.1) is 0 Å². The third-order valence-corrected chi connectivity index (χ3v) is 13.5. The summed E-state index contributed by atoms with van der Waals surface area (Å²) >= 11 is 3.70. The standard InChI is InChI=1S/C51H32N4S2/c1-3-12-31(13-4-1)49-52-50(32-14-5-2-6-15-32)54-51(53-49)39-18-11-21-46-48(39)41-28-33(23-26-45(41)56-46)34-22-25-38-40-30-35(24-27-44(40)57-47(38)29-34)55-42-19-9-7-16-36(42)37-17-8-10-20-43(37)55/h1-30,49H,(H,52,53,54). The smallest absolute Gasteiger partial charge is 0.159 e. The first-order valence-electron chi connectivity index (χ1n) is 19.2. The van der Waals surface area contributed by atoms with Crippen LogP contribution in [0.15, 0.2) is 192 Å². The number of fused-ring (bicyclic) bond motifs is 9. The van der Waals surface area contributed by atoms with E-state index in [1.54, 1.807) is 0 Å². The number of nitrogens with zero attached hydrogens (tertiary/aromatic N) is 3. The number of amidine groups is 2. The van der Waals surface area contributed by atoms with E-state index in [2.05, 4.69) is 168 Å². The zero-order chi connectivity index (χ0) is 37.5. The number of rotatable bonds is 5. The van der Waals surface area contributed by atoms with Gasteiger partial charge in [-0.05, 0) is 71.3 Å². The van der Waals surface area contributed by atoms with Crippen LogP contribution in [0.4, 0.5) is 0 Å². The van der Waals surface area contributed by atoms with Gasteiger partial charge >= 0.3 is 0 Å². The van der Waals surface area contributed by atoms with Crippen LogP contribution in [-0.4, -0.2) is 16.2 Å². The molecule has 57 heavy (non-hydrogen) atoms. The van der Waals surface area contributed by atoms with E-state index >= 15 is 0 Å². The number of thiophene rings is 2. The Morgan fingerprint density at radius 2 is 1.12 bits per heavy atom. The van der Waals surface area contributed by atoms with Crippen LogP contribution in [0.3, 0.4) is 0 Å². The first kappa shape index (κ1) is 32.4. The maximum absolute atomic E-state index is 5.18. The van der Waals surface area contributed by atoms with E-state index in [1.165, 1.54) is 79.0 Å². The fourth-order valence-corrected chi connectivity index (χ4v) is 10.8. The minimum Gasteiger partial charge on any atom is -0.344 e. The number of benzene rings is 8. The highest BCUT2D eigenvalue weighted by Crippen LogP contribution is 2.42. The lowest BCUT2D eigenvalue weighted by atomic mass is 9.99. The Morgan fingerprint density at radius 1 is 0.456 bits per heavy atom. The molecule has 0 bridgehead atoms. The van der Waals surface area contributed by atoms with Crippen molar-refractivity contribution in [1.29, 1.82) is 0 Å². The average Bonchev–Trinajstić information content (AvgIpc) is 3.95. The topological polar surface area (TPSA) is 41.7 Å². The molecule has 0 aliphatic carbocycles. The summed E-state index contributed by atoms with van der Waals surface area (Å²) in [5.41, 5.74) is 9.24. The highest BCUT2D eigenvalue weighted by Gasteiger charge is 2.23. The molecule has 3 aromatic heterocycles. The minimum atomic E-state index is -0.254. The summed E-state index contributed by atoms with van der Waals surface area (Å²) in [4.78, 5) is 10.3. The SMILES string of the molecule is c1ccc(C2=NC(c3ccccc3)NC(c3cccc4sc5ccc(-c6ccc7c(c6)sc6ccc(-n8c9ccccc9c9ccccc98)cc67)cc5c34)=N2)cc1. The largest absolute Gasteiger partial charge is 0.344 e. The monoisotopic (exact) mass is 764 g/mol. The van der Waals surface area contributed by atoms with Crippen molar-refractivity contribution in [3.8, 4) is 16.8 Å². The summed E-state index contributed by atoms with van der Waals surface area (Å²) in [6.45, 7) is 0. The Morgan fingerprint density at radius 3 is 1.93 bits per heavy atom. The molecule has 0 amide bonds. The molecule has 8 aromatic carbocycles. The predicted octanol–water partition coefficient (Wildman–Crippen LogP) is 13.7. The Kier molecular flexibility index (Phi) is 7.30. The number of para-hydroxylation sites is 2. The van der Waals surface area contributed by atoms with Crippen molar-refractivity contribution in [2.45, 2.75) is 6.17 Å². The summed E-state index contributed by atoms with van der Waals surface area (Å²) in [6.07, 6.45) is -0.254. The van der Waals surface area contributed by atoms with E-state index in [0.717, 1.165) is 28.4 Å². The van der Waals surface area contributed by atoms with E-state index in [-0.39, 0.29) is 6.17 Å². The summed E-state index contributed by atoms with van der Waals surface area (Å²) < 4.78 is 7.49. The zero-order valence-electron chi connectivity index (χ0n) is 30.6. The Hall–Kier alpha value is -6.86. The predicted molar refractivity (Wildman–Crippen MR) is 244 cm³/mol. The van der Waals surface area contributed by atoms with Crippen LogP contribution in [0.2, 0.25) is 0 Å². The van der Waals surface area contributed by atoms with Crippen molar-refractivity contribution < 1.29 is 0 Å². The van der Waals surface area contributed by atoms with E-state index in [4.69, 9.17) is 9.98 Å². The third-order valence-electron chi connectivity index (χ3n) is 11.3. The fourth-order valence-electron chi connectivity index (χ4n) is 8.60. The van der Waals surface area contributed by atoms with Gasteiger partial charge in [0.1, 0.15) is 12.0 Å². The van der Waals surface area contributed by atoms with Crippen LogP contribution in [0.5, 0.6) is 0 Å². The van der Waals surface area contributed by atoms with Gasteiger partial charge in [0.25, 0.3) is 0 Å². The van der Waals surface area contributed by atoms with Gasteiger partial charge in [-0.1, -0.05) is 127 Å². The first-order valence-corrected chi connectivity index (χ1v) is 20.8. The minimum absolute atomic E-state index is 0.254. The summed E-state index contributed by atoms with van der Waals surface area (Å²) in [6, 6.07) is 65.5. The molecule has 1 atom stereocenters. The van der Waals surface area contributed by atoms with Crippen LogP contribution in [0.25, 0.3) is 79.0 Å². The van der Waals surface area contributed by atoms with E-state index in [0.29, 0.717) is 0 Å². The maximum Gasteiger partial charge on any atom is 0.159 e. The molecule has 0 spiro atoms. The second-order valence-corrected chi connectivity index (χ2v) is 16.8. The molecule has 4 heterocycles. The molecule has 0 radical (unpaired) electrons. The van der Waals surface area contributed by atoms with Gasteiger partial charge in [0.05, 0.1) is 11.0 Å². The molecule has 1 N–H and O–H groups in total. The average molecular weight is 765 g/mol. The van der Waals surface area contributed by atoms with Crippen molar-refractivity contribution in [1.82, 2.24) is 9.88 Å². The molecular weight excluding hydrogens is 733 g/mol. The van der Waals surface area contributed by atoms with Gasteiger partial charge in [0.2, 0.25) is 0 Å². The molecule has 0 saturated heterocycles. The van der Waals surface area contributed by atoms with Crippen LogP contribution >= 0.6 is 22.7 Å². The van der Waals surface area contributed by atoms with Gasteiger partial charge in [0, 0.05) is 67.9 Å². The van der Waals surface area contributed by atoms with Gasteiger partial charge in [-0.15, -0.1) is 22.7 Å². The van der Waals surface area contributed by atoms with E-state index in [1.807, 2.05) is 46.9 Å². The van der Waals surface area contributed by atoms with Gasteiger partial charge in [-0.3, -0.25) is 0 Å².